The zero-order valence-corrected chi connectivity index (χ0v) is 13.1. The molecule has 1 N–H and O–H groups in total. The van der Waals surface area contributed by atoms with Gasteiger partial charge in [-0.1, -0.05) is 0 Å². The van der Waals surface area contributed by atoms with E-state index in [2.05, 4.69) is 9.88 Å². The third-order valence-electron chi connectivity index (χ3n) is 4.12. The van der Waals surface area contributed by atoms with Crippen molar-refractivity contribution in [3.8, 4) is 10.6 Å². The van der Waals surface area contributed by atoms with E-state index in [-0.39, 0.29) is 0 Å². The van der Waals surface area contributed by atoms with E-state index in [1.165, 1.54) is 11.3 Å². The number of aromatic nitrogens is 1. The highest BCUT2D eigenvalue weighted by Crippen LogP contribution is 2.32. The van der Waals surface area contributed by atoms with Gasteiger partial charge in [0.25, 0.3) is 0 Å². The molecule has 4 nitrogen and oxygen atoms in total. The quantitative estimate of drug-likeness (QED) is 0.920. The predicted octanol–water partition coefficient (Wildman–Crippen LogP) is 3.54. The zero-order chi connectivity index (χ0) is 16.4. The molecule has 0 spiro atoms. The van der Waals surface area contributed by atoms with Crippen LogP contribution >= 0.6 is 11.3 Å². The Hall–Kier alpha value is -1.38. The van der Waals surface area contributed by atoms with Gasteiger partial charge in [0.2, 0.25) is 0 Å². The molecular formula is C15H17F3N2O2S. The Balaban J connectivity index is 1.53. The Morgan fingerprint density at radius 2 is 2.13 bits per heavy atom. The molecule has 2 aromatic rings. The summed E-state index contributed by atoms with van der Waals surface area (Å²) in [6.45, 7) is 1.69. The summed E-state index contributed by atoms with van der Waals surface area (Å²) in [6.07, 6.45) is -2.82. The minimum atomic E-state index is -4.53. The van der Waals surface area contributed by atoms with Gasteiger partial charge in [-0.2, -0.15) is 13.2 Å². The van der Waals surface area contributed by atoms with Crippen molar-refractivity contribution < 1.29 is 22.7 Å². The maximum Gasteiger partial charge on any atom is 0.414 e. The number of aliphatic hydroxyl groups excluding tert-OH is 1. The Kier molecular flexibility index (Phi) is 4.74. The van der Waals surface area contributed by atoms with Crippen molar-refractivity contribution in [2.45, 2.75) is 31.7 Å². The highest BCUT2D eigenvalue weighted by atomic mass is 32.1. The molecule has 126 valence electrons. The van der Waals surface area contributed by atoms with Crippen LogP contribution in [0.1, 0.15) is 18.5 Å². The van der Waals surface area contributed by atoms with Crippen LogP contribution in [0.15, 0.2) is 28.4 Å². The van der Waals surface area contributed by atoms with Crippen LogP contribution < -0.4 is 0 Å². The summed E-state index contributed by atoms with van der Waals surface area (Å²) in [7, 11) is 0. The molecule has 0 aliphatic carbocycles. The van der Waals surface area contributed by atoms with Gasteiger partial charge in [0.1, 0.15) is 11.3 Å². The molecule has 1 saturated heterocycles. The van der Waals surface area contributed by atoms with Crippen LogP contribution in [0.5, 0.6) is 0 Å². The number of hydrogen-bond donors (Lipinski definition) is 1. The molecule has 0 radical (unpaired) electrons. The molecule has 1 fully saturated rings. The molecule has 1 atom stereocenters. The fraction of sp³-hybridized carbons (Fsp3) is 0.533. The number of hydrogen-bond acceptors (Lipinski definition) is 5. The van der Waals surface area contributed by atoms with Crippen molar-refractivity contribution in [1.29, 1.82) is 0 Å². The number of likely N-dealkylation sites (tertiary alicyclic amines) is 1. The van der Waals surface area contributed by atoms with E-state index in [0.29, 0.717) is 32.5 Å². The van der Waals surface area contributed by atoms with Crippen molar-refractivity contribution in [2.24, 2.45) is 5.92 Å². The lowest BCUT2D eigenvalue weighted by molar-refractivity contribution is -0.223. The normalized spacial score (nSPS) is 19.1. The van der Waals surface area contributed by atoms with Crippen LogP contribution in [-0.2, 0) is 6.54 Å². The van der Waals surface area contributed by atoms with Crippen molar-refractivity contribution in [3.05, 3.63) is 29.7 Å². The first kappa shape index (κ1) is 16.5. The lowest BCUT2D eigenvalue weighted by Gasteiger charge is -2.34. The standard InChI is InChI=1S/C15H17F3N2O2S/c16-15(17,18)13(21)10-1-4-20(5-2-10)7-12-9-23-14(19-12)11-3-6-22-8-11/h3,6,8-10,13,21H,1-2,4-5,7H2. The van der Waals surface area contributed by atoms with E-state index in [1.807, 2.05) is 11.4 Å². The van der Waals surface area contributed by atoms with Gasteiger partial charge in [0, 0.05) is 17.5 Å². The molecule has 3 heterocycles. The molecule has 0 saturated carbocycles. The zero-order valence-electron chi connectivity index (χ0n) is 12.3. The predicted molar refractivity (Wildman–Crippen MR) is 79.9 cm³/mol. The summed E-state index contributed by atoms with van der Waals surface area (Å²) in [4.78, 5) is 6.60. The van der Waals surface area contributed by atoms with E-state index in [4.69, 9.17) is 4.42 Å². The van der Waals surface area contributed by atoms with Crippen LogP contribution in [0.25, 0.3) is 10.6 Å². The lowest BCUT2D eigenvalue weighted by Crippen LogP contribution is -2.43. The fourth-order valence-electron chi connectivity index (χ4n) is 2.82. The molecule has 0 amide bonds. The second-order valence-electron chi connectivity index (χ2n) is 5.76. The van der Waals surface area contributed by atoms with E-state index in [9.17, 15) is 18.3 Å². The van der Waals surface area contributed by atoms with Crippen molar-refractivity contribution in [3.63, 3.8) is 0 Å². The number of halogens is 3. The third-order valence-corrected chi connectivity index (χ3v) is 5.06. The Morgan fingerprint density at radius 3 is 2.74 bits per heavy atom. The van der Waals surface area contributed by atoms with Crippen LogP contribution in [0.2, 0.25) is 0 Å². The molecular weight excluding hydrogens is 329 g/mol. The largest absolute Gasteiger partial charge is 0.472 e. The molecule has 1 aliphatic heterocycles. The van der Waals surface area contributed by atoms with Crippen LogP contribution in [-0.4, -0.2) is 40.4 Å². The molecule has 3 rings (SSSR count). The summed E-state index contributed by atoms with van der Waals surface area (Å²) >= 11 is 1.52. The number of thiazole rings is 1. The van der Waals surface area contributed by atoms with Gasteiger partial charge >= 0.3 is 6.18 Å². The van der Waals surface area contributed by atoms with Gasteiger partial charge in [-0.15, -0.1) is 11.3 Å². The van der Waals surface area contributed by atoms with Crippen molar-refractivity contribution in [1.82, 2.24) is 9.88 Å². The smallest absolute Gasteiger partial charge is 0.414 e. The highest BCUT2D eigenvalue weighted by molar-refractivity contribution is 7.13. The number of furan rings is 1. The van der Waals surface area contributed by atoms with Gasteiger partial charge in [0.05, 0.1) is 12.0 Å². The van der Waals surface area contributed by atoms with E-state index in [1.54, 1.807) is 12.5 Å². The van der Waals surface area contributed by atoms with Crippen LogP contribution in [0, 0.1) is 5.92 Å². The monoisotopic (exact) mass is 346 g/mol. The Labute approximate surface area is 135 Å². The molecule has 2 aromatic heterocycles. The number of piperidine rings is 1. The van der Waals surface area contributed by atoms with Crippen LogP contribution in [0.3, 0.4) is 0 Å². The summed E-state index contributed by atoms with van der Waals surface area (Å²) in [5.74, 6) is -0.705. The fourth-order valence-corrected chi connectivity index (χ4v) is 3.62. The van der Waals surface area contributed by atoms with Gasteiger partial charge in [-0.3, -0.25) is 4.90 Å². The van der Waals surface area contributed by atoms with Gasteiger partial charge in [0.15, 0.2) is 6.10 Å². The van der Waals surface area contributed by atoms with Gasteiger partial charge in [-0.25, -0.2) is 4.98 Å². The summed E-state index contributed by atoms with van der Waals surface area (Å²) in [5, 5.41) is 12.2. The molecule has 1 unspecified atom stereocenters. The molecule has 1 aliphatic rings. The average Bonchev–Trinajstić information content (AvgIpc) is 3.17. The summed E-state index contributed by atoms with van der Waals surface area (Å²) < 4.78 is 42.6. The number of nitrogens with zero attached hydrogens (tertiary/aromatic N) is 2. The Morgan fingerprint density at radius 1 is 1.39 bits per heavy atom. The Bertz CT molecular complexity index is 619. The topological polar surface area (TPSA) is 49.5 Å². The average molecular weight is 346 g/mol. The first-order valence-corrected chi connectivity index (χ1v) is 8.25. The number of alkyl halides is 3. The lowest BCUT2D eigenvalue weighted by atomic mass is 9.91. The molecule has 23 heavy (non-hydrogen) atoms. The van der Waals surface area contributed by atoms with Crippen molar-refractivity contribution in [2.75, 3.05) is 13.1 Å². The number of rotatable bonds is 4. The van der Waals surface area contributed by atoms with Gasteiger partial charge < -0.3 is 9.52 Å². The van der Waals surface area contributed by atoms with E-state index in [0.717, 1.165) is 16.3 Å². The first-order valence-electron chi connectivity index (χ1n) is 7.37. The number of aliphatic hydroxyl groups is 1. The maximum absolute atomic E-state index is 12.5. The molecule has 8 heteroatoms. The van der Waals surface area contributed by atoms with Crippen LogP contribution in [0.4, 0.5) is 13.2 Å². The SMILES string of the molecule is OC(C1CCN(Cc2csc(-c3ccoc3)n2)CC1)C(F)(F)F. The summed E-state index contributed by atoms with van der Waals surface area (Å²) in [5.41, 5.74) is 1.83. The van der Waals surface area contributed by atoms with E-state index < -0.39 is 18.2 Å². The minimum absolute atomic E-state index is 0.347. The second kappa shape index (κ2) is 6.62. The van der Waals surface area contributed by atoms with Gasteiger partial charge in [-0.05, 0) is 37.9 Å². The van der Waals surface area contributed by atoms with Crippen molar-refractivity contribution >= 4 is 11.3 Å². The first-order chi connectivity index (χ1) is 10.9. The second-order valence-corrected chi connectivity index (χ2v) is 6.61. The highest BCUT2D eigenvalue weighted by Gasteiger charge is 2.44. The third kappa shape index (κ3) is 3.94. The summed E-state index contributed by atoms with van der Waals surface area (Å²) in [6, 6.07) is 1.84. The maximum atomic E-state index is 12.5. The van der Waals surface area contributed by atoms with E-state index >= 15 is 0 Å². The molecule has 0 bridgehead atoms. The molecule has 0 aromatic carbocycles. The minimum Gasteiger partial charge on any atom is -0.472 e.